The first-order chi connectivity index (χ1) is 15.8. The van der Waals surface area contributed by atoms with Crippen LogP contribution in [0.3, 0.4) is 0 Å². The highest BCUT2D eigenvalue weighted by Crippen LogP contribution is 2.37. The summed E-state index contributed by atoms with van der Waals surface area (Å²) in [6.07, 6.45) is 1.88. The summed E-state index contributed by atoms with van der Waals surface area (Å²) in [5, 5.41) is 0.525. The molecule has 4 heterocycles. The normalized spacial score (nSPS) is 13.8. The van der Waals surface area contributed by atoms with Gasteiger partial charge in [-0.2, -0.15) is 4.98 Å². The smallest absolute Gasteiger partial charge is 0.222 e. The number of thiazole rings is 1. The molecule has 5 rings (SSSR count). The summed E-state index contributed by atoms with van der Waals surface area (Å²) in [5.74, 6) is 2.39. The number of ether oxygens (including phenoxy) is 1. The number of nitrogens with two attached hydrogens (primary N) is 2. The lowest BCUT2D eigenvalue weighted by atomic mass is 9.99. The van der Waals surface area contributed by atoms with Gasteiger partial charge in [-0.05, 0) is 49.1 Å². The number of pyridine rings is 1. The molecule has 1 aromatic carbocycles. The van der Waals surface area contributed by atoms with Crippen LogP contribution in [0.25, 0.3) is 21.5 Å². The van der Waals surface area contributed by atoms with Crippen LogP contribution in [0, 0.1) is 13.8 Å². The molecule has 0 radical (unpaired) electrons. The molecule has 0 atom stereocenters. The standard InChI is InChI=1S/C24H27N7OS/c1-12(2)19-14(4)28-23(25)30-21(19)31-5-6-32-20-13(3)7-15(8-17(20)11-31)16-9-18-22(27-10-16)33-24(26)29-18/h7-10,12H,5-6,11H2,1-4H3,(H2,26,29)(H2,25,28,30). The van der Waals surface area contributed by atoms with E-state index in [1.165, 1.54) is 11.3 Å². The Hall–Kier alpha value is -3.46. The average Bonchev–Trinajstić information content (AvgIpc) is 2.98. The van der Waals surface area contributed by atoms with Crippen LogP contribution in [-0.2, 0) is 6.54 Å². The highest BCUT2D eigenvalue weighted by molar-refractivity contribution is 7.21. The molecular formula is C24H27N7OS. The Bertz CT molecular complexity index is 1360. The second-order valence-electron chi connectivity index (χ2n) is 8.71. The van der Waals surface area contributed by atoms with Gasteiger partial charge >= 0.3 is 0 Å². The Morgan fingerprint density at radius 1 is 1.06 bits per heavy atom. The molecule has 3 aromatic heterocycles. The molecule has 0 saturated heterocycles. The molecular weight excluding hydrogens is 434 g/mol. The molecule has 0 aliphatic carbocycles. The van der Waals surface area contributed by atoms with Crippen LogP contribution in [0.15, 0.2) is 24.4 Å². The molecule has 4 aromatic rings. The lowest BCUT2D eigenvalue weighted by molar-refractivity contribution is 0.329. The van der Waals surface area contributed by atoms with Crippen molar-refractivity contribution in [1.82, 2.24) is 19.9 Å². The van der Waals surface area contributed by atoms with E-state index in [9.17, 15) is 0 Å². The van der Waals surface area contributed by atoms with Crippen LogP contribution < -0.4 is 21.1 Å². The summed E-state index contributed by atoms with van der Waals surface area (Å²) in [6, 6.07) is 6.35. The lowest BCUT2D eigenvalue weighted by Gasteiger charge is -2.26. The quantitative estimate of drug-likeness (QED) is 0.460. The summed E-state index contributed by atoms with van der Waals surface area (Å²) < 4.78 is 6.20. The number of aromatic nitrogens is 4. The number of nitrogens with zero attached hydrogens (tertiary/aromatic N) is 5. The first-order valence-electron chi connectivity index (χ1n) is 11.0. The zero-order valence-electron chi connectivity index (χ0n) is 19.2. The molecule has 9 heteroatoms. The SMILES string of the molecule is Cc1cc(-c2cnc3sc(N)nc3c2)cc2c1OCCN(c1nc(N)nc(C)c1C(C)C)C2. The van der Waals surface area contributed by atoms with E-state index >= 15 is 0 Å². The van der Waals surface area contributed by atoms with E-state index < -0.39 is 0 Å². The van der Waals surface area contributed by atoms with Crippen molar-refractivity contribution in [1.29, 1.82) is 0 Å². The third-order valence-corrected chi connectivity index (χ3v) is 6.74. The maximum Gasteiger partial charge on any atom is 0.222 e. The minimum Gasteiger partial charge on any atom is -0.491 e. The lowest BCUT2D eigenvalue weighted by Crippen LogP contribution is -2.28. The second-order valence-corrected chi connectivity index (χ2v) is 9.72. The molecule has 0 bridgehead atoms. The van der Waals surface area contributed by atoms with E-state index in [0.717, 1.165) is 55.4 Å². The maximum atomic E-state index is 6.20. The molecule has 0 amide bonds. The minimum absolute atomic E-state index is 0.278. The van der Waals surface area contributed by atoms with Crippen molar-refractivity contribution >= 4 is 38.6 Å². The topological polar surface area (TPSA) is 116 Å². The number of hydrogen-bond acceptors (Lipinski definition) is 9. The van der Waals surface area contributed by atoms with Gasteiger partial charge in [0.2, 0.25) is 5.95 Å². The van der Waals surface area contributed by atoms with Gasteiger partial charge in [0.15, 0.2) is 5.13 Å². The average molecular weight is 462 g/mol. The predicted molar refractivity (Wildman–Crippen MR) is 134 cm³/mol. The van der Waals surface area contributed by atoms with Gasteiger partial charge < -0.3 is 21.1 Å². The second kappa shape index (κ2) is 8.15. The van der Waals surface area contributed by atoms with Crippen LogP contribution in [0.4, 0.5) is 16.9 Å². The van der Waals surface area contributed by atoms with Gasteiger partial charge in [0.05, 0.1) is 6.54 Å². The molecule has 0 unspecified atom stereocenters. The van der Waals surface area contributed by atoms with Crippen LogP contribution in [0.2, 0.25) is 0 Å². The van der Waals surface area contributed by atoms with Gasteiger partial charge in [0.25, 0.3) is 0 Å². The summed E-state index contributed by atoms with van der Waals surface area (Å²) >= 11 is 1.40. The fraction of sp³-hybridized carbons (Fsp3) is 0.333. The zero-order chi connectivity index (χ0) is 23.3. The minimum atomic E-state index is 0.278. The van der Waals surface area contributed by atoms with Crippen molar-refractivity contribution in [2.24, 2.45) is 0 Å². The molecule has 0 saturated carbocycles. The summed E-state index contributed by atoms with van der Waals surface area (Å²) in [7, 11) is 0. The molecule has 33 heavy (non-hydrogen) atoms. The number of rotatable bonds is 3. The highest BCUT2D eigenvalue weighted by atomic mass is 32.1. The Kier molecular flexibility index (Phi) is 5.28. The maximum absolute atomic E-state index is 6.20. The monoisotopic (exact) mass is 461 g/mol. The number of anilines is 3. The van der Waals surface area contributed by atoms with Crippen LogP contribution in [0.5, 0.6) is 5.75 Å². The Morgan fingerprint density at radius 3 is 2.67 bits per heavy atom. The molecule has 4 N–H and O–H groups in total. The molecule has 1 aliphatic heterocycles. The van der Waals surface area contributed by atoms with Crippen molar-refractivity contribution < 1.29 is 4.74 Å². The van der Waals surface area contributed by atoms with Gasteiger partial charge in [0.1, 0.15) is 28.5 Å². The van der Waals surface area contributed by atoms with Gasteiger partial charge in [-0.1, -0.05) is 25.2 Å². The fourth-order valence-electron chi connectivity index (χ4n) is 4.56. The van der Waals surface area contributed by atoms with Crippen molar-refractivity contribution in [3.05, 3.63) is 46.8 Å². The summed E-state index contributed by atoms with van der Waals surface area (Å²) in [5.41, 5.74) is 19.0. The fourth-order valence-corrected chi connectivity index (χ4v) is 5.22. The van der Waals surface area contributed by atoms with Crippen molar-refractivity contribution in [3.63, 3.8) is 0 Å². The van der Waals surface area contributed by atoms with Crippen LogP contribution in [-0.4, -0.2) is 33.1 Å². The number of aryl methyl sites for hydroxylation is 2. The van der Waals surface area contributed by atoms with E-state index in [0.29, 0.717) is 30.8 Å². The Balaban J connectivity index is 1.58. The van der Waals surface area contributed by atoms with E-state index in [4.69, 9.17) is 16.2 Å². The van der Waals surface area contributed by atoms with Crippen LogP contribution in [0.1, 0.15) is 42.1 Å². The predicted octanol–water partition coefficient (Wildman–Crippen LogP) is 4.45. The van der Waals surface area contributed by atoms with Gasteiger partial charge in [-0.3, -0.25) is 0 Å². The highest BCUT2D eigenvalue weighted by Gasteiger charge is 2.24. The Morgan fingerprint density at radius 2 is 1.88 bits per heavy atom. The third-order valence-electron chi connectivity index (χ3n) is 5.93. The number of nitrogen functional groups attached to an aromatic ring is 2. The zero-order valence-corrected chi connectivity index (χ0v) is 20.0. The molecule has 0 spiro atoms. The number of benzene rings is 1. The van der Waals surface area contributed by atoms with E-state index in [1.807, 2.05) is 19.2 Å². The van der Waals surface area contributed by atoms with Gasteiger partial charge in [-0.25, -0.2) is 15.0 Å². The number of hydrogen-bond donors (Lipinski definition) is 2. The van der Waals surface area contributed by atoms with Crippen molar-refractivity contribution in [2.75, 3.05) is 29.5 Å². The van der Waals surface area contributed by atoms with Crippen molar-refractivity contribution in [2.45, 2.75) is 40.2 Å². The van der Waals surface area contributed by atoms with E-state index in [-0.39, 0.29) is 5.92 Å². The summed E-state index contributed by atoms with van der Waals surface area (Å²) in [6.45, 7) is 10.3. The molecule has 1 aliphatic rings. The number of fused-ring (bicyclic) bond motifs is 2. The van der Waals surface area contributed by atoms with Gasteiger partial charge in [0, 0.05) is 35.1 Å². The van der Waals surface area contributed by atoms with E-state index in [1.54, 1.807) is 0 Å². The largest absolute Gasteiger partial charge is 0.491 e. The molecule has 170 valence electrons. The van der Waals surface area contributed by atoms with Crippen LogP contribution >= 0.6 is 11.3 Å². The molecule has 0 fully saturated rings. The van der Waals surface area contributed by atoms with Crippen molar-refractivity contribution in [3.8, 4) is 16.9 Å². The third kappa shape index (κ3) is 3.93. The first-order valence-corrected chi connectivity index (χ1v) is 11.8. The first kappa shape index (κ1) is 21.4. The van der Waals surface area contributed by atoms with Gasteiger partial charge in [-0.15, -0.1) is 0 Å². The Labute approximate surface area is 196 Å². The van der Waals surface area contributed by atoms with E-state index in [2.05, 4.69) is 57.7 Å². The summed E-state index contributed by atoms with van der Waals surface area (Å²) in [4.78, 5) is 21.1. The molecule has 8 nitrogen and oxygen atoms in total.